The van der Waals surface area contributed by atoms with Crippen LogP contribution in [0.1, 0.15) is 25.7 Å². The third kappa shape index (κ3) is 18.6. The topological polar surface area (TPSA) is 176 Å². The molecular formula is C11H23N3O6. The SMILES string of the molecule is NCC(=O)O.NCC(=O)O.O=C(O)CNC1CCCC1. The Bertz CT molecular complexity index is 278. The van der Waals surface area contributed by atoms with Gasteiger partial charge in [-0.3, -0.25) is 14.4 Å². The Hall–Kier alpha value is -1.71. The maximum absolute atomic E-state index is 10.1. The van der Waals surface area contributed by atoms with Crippen molar-refractivity contribution in [2.75, 3.05) is 19.6 Å². The fourth-order valence-corrected chi connectivity index (χ4v) is 1.36. The zero-order valence-corrected chi connectivity index (χ0v) is 11.2. The highest BCUT2D eigenvalue weighted by Gasteiger charge is 2.14. The summed E-state index contributed by atoms with van der Waals surface area (Å²) in [5.41, 5.74) is 9.14. The molecule has 1 aliphatic carbocycles. The summed E-state index contributed by atoms with van der Waals surface area (Å²) in [6.07, 6.45) is 4.79. The van der Waals surface area contributed by atoms with Crippen LogP contribution in [0.15, 0.2) is 0 Å². The largest absolute Gasteiger partial charge is 0.480 e. The van der Waals surface area contributed by atoms with Crippen molar-refractivity contribution < 1.29 is 29.7 Å². The van der Waals surface area contributed by atoms with E-state index in [-0.39, 0.29) is 19.6 Å². The number of aliphatic carboxylic acids is 3. The molecule has 0 unspecified atom stereocenters. The molecule has 1 fully saturated rings. The van der Waals surface area contributed by atoms with E-state index in [4.69, 9.17) is 15.3 Å². The third-order valence-corrected chi connectivity index (χ3v) is 2.25. The predicted octanol–water partition coefficient (Wildman–Crippen LogP) is -1.34. The molecule has 1 saturated carbocycles. The Morgan fingerprint density at radius 1 is 0.900 bits per heavy atom. The van der Waals surface area contributed by atoms with Gasteiger partial charge in [-0.25, -0.2) is 0 Å². The van der Waals surface area contributed by atoms with Crippen LogP contribution in [0, 0.1) is 0 Å². The van der Waals surface area contributed by atoms with Crippen molar-refractivity contribution in [2.45, 2.75) is 31.7 Å². The fourth-order valence-electron chi connectivity index (χ4n) is 1.36. The van der Waals surface area contributed by atoms with Gasteiger partial charge in [0.15, 0.2) is 0 Å². The fraction of sp³-hybridized carbons (Fsp3) is 0.727. The molecule has 8 N–H and O–H groups in total. The average Bonchev–Trinajstić information content (AvgIpc) is 2.90. The molecule has 0 aromatic carbocycles. The van der Waals surface area contributed by atoms with Gasteiger partial charge in [-0.05, 0) is 12.8 Å². The highest BCUT2D eigenvalue weighted by atomic mass is 16.4. The number of nitrogens with one attached hydrogen (secondary N) is 1. The van der Waals surface area contributed by atoms with Gasteiger partial charge in [-0.2, -0.15) is 0 Å². The van der Waals surface area contributed by atoms with Crippen LogP contribution in [0.25, 0.3) is 0 Å². The lowest BCUT2D eigenvalue weighted by Crippen LogP contribution is -2.31. The molecule has 0 heterocycles. The molecule has 0 atom stereocenters. The lowest BCUT2D eigenvalue weighted by Gasteiger charge is -2.07. The number of carboxylic acid groups (broad SMARTS) is 3. The first-order valence-electron chi connectivity index (χ1n) is 6.12. The molecule has 1 aliphatic rings. The van der Waals surface area contributed by atoms with Crippen molar-refractivity contribution in [3.63, 3.8) is 0 Å². The molecule has 0 aliphatic heterocycles. The van der Waals surface area contributed by atoms with Crippen LogP contribution in [0.4, 0.5) is 0 Å². The van der Waals surface area contributed by atoms with E-state index in [1.54, 1.807) is 0 Å². The molecule has 1 rings (SSSR count). The summed E-state index contributed by atoms with van der Waals surface area (Å²) in [7, 11) is 0. The molecule has 118 valence electrons. The minimum Gasteiger partial charge on any atom is -0.480 e. The monoisotopic (exact) mass is 293 g/mol. The minimum atomic E-state index is -0.968. The van der Waals surface area contributed by atoms with Gasteiger partial charge in [0, 0.05) is 6.04 Å². The van der Waals surface area contributed by atoms with E-state index in [1.165, 1.54) is 12.8 Å². The molecule has 9 nitrogen and oxygen atoms in total. The van der Waals surface area contributed by atoms with Crippen LogP contribution in [0.5, 0.6) is 0 Å². The lowest BCUT2D eigenvalue weighted by atomic mass is 10.2. The minimum absolute atomic E-state index is 0.116. The van der Waals surface area contributed by atoms with E-state index in [2.05, 4.69) is 16.8 Å². The molecule has 0 bridgehead atoms. The van der Waals surface area contributed by atoms with Crippen molar-refractivity contribution in [1.82, 2.24) is 5.32 Å². The Morgan fingerprint density at radius 3 is 1.50 bits per heavy atom. The molecule has 20 heavy (non-hydrogen) atoms. The zero-order valence-electron chi connectivity index (χ0n) is 11.2. The molecule has 9 heteroatoms. The molecule has 0 radical (unpaired) electrons. The zero-order chi connectivity index (χ0) is 16.0. The Morgan fingerprint density at radius 2 is 1.25 bits per heavy atom. The Labute approximate surface area is 116 Å². The average molecular weight is 293 g/mol. The third-order valence-electron chi connectivity index (χ3n) is 2.25. The molecule has 0 saturated heterocycles. The number of nitrogens with two attached hydrogens (primary N) is 2. The van der Waals surface area contributed by atoms with E-state index in [9.17, 15) is 14.4 Å². The summed E-state index contributed by atoms with van der Waals surface area (Å²) in [4.78, 5) is 28.6. The van der Waals surface area contributed by atoms with Crippen molar-refractivity contribution in [3.8, 4) is 0 Å². The summed E-state index contributed by atoms with van der Waals surface area (Å²) in [6.45, 7) is -0.440. The first-order chi connectivity index (χ1) is 9.33. The van der Waals surface area contributed by atoms with Crippen LogP contribution >= 0.6 is 0 Å². The van der Waals surface area contributed by atoms with Crippen LogP contribution in [0.2, 0.25) is 0 Å². The van der Waals surface area contributed by atoms with Crippen LogP contribution in [-0.2, 0) is 14.4 Å². The van der Waals surface area contributed by atoms with Crippen LogP contribution < -0.4 is 16.8 Å². The highest BCUT2D eigenvalue weighted by molar-refractivity contribution is 5.69. The van der Waals surface area contributed by atoms with E-state index in [1.807, 2.05) is 0 Å². The molecular weight excluding hydrogens is 270 g/mol. The van der Waals surface area contributed by atoms with Gasteiger partial charge >= 0.3 is 17.9 Å². The van der Waals surface area contributed by atoms with Gasteiger partial charge in [0.05, 0.1) is 19.6 Å². The van der Waals surface area contributed by atoms with Gasteiger partial charge in [0.1, 0.15) is 0 Å². The summed E-state index contributed by atoms with van der Waals surface area (Å²) < 4.78 is 0. The summed E-state index contributed by atoms with van der Waals surface area (Å²) in [6, 6.07) is 0.469. The molecule has 0 aromatic heterocycles. The summed E-state index contributed by atoms with van der Waals surface area (Å²) >= 11 is 0. The number of rotatable bonds is 5. The maximum Gasteiger partial charge on any atom is 0.317 e. The molecule has 0 amide bonds. The van der Waals surface area contributed by atoms with Gasteiger partial charge in [0.25, 0.3) is 0 Å². The van der Waals surface area contributed by atoms with Crippen molar-refractivity contribution in [1.29, 1.82) is 0 Å². The van der Waals surface area contributed by atoms with Gasteiger partial charge in [-0.1, -0.05) is 12.8 Å². The van der Waals surface area contributed by atoms with Gasteiger partial charge in [0.2, 0.25) is 0 Å². The second-order valence-corrected chi connectivity index (χ2v) is 3.95. The number of carboxylic acids is 3. The second kappa shape index (κ2) is 13.7. The van der Waals surface area contributed by atoms with E-state index in [0.717, 1.165) is 12.8 Å². The highest BCUT2D eigenvalue weighted by Crippen LogP contribution is 2.16. The van der Waals surface area contributed by atoms with E-state index in [0.29, 0.717) is 6.04 Å². The van der Waals surface area contributed by atoms with E-state index < -0.39 is 17.9 Å². The number of carbonyl (C=O) groups is 3. The maximum atomic E-state index is 10.1. The Kier molecular flexibility index (Phi) is 14.1. The normalized spacial score (nSPS) is 13.5. The van der Waals surface area contributed by atoms with Crippen molar-refractivity contribution in [2.24, 2.45) is 11.5 Å². The van der Waals surface area contributed by atoms with Crippen LogP contribution in [-0.4, -0.2) is 58.9 Å². The van der Waals surface area contributed by atoms with Crippen LogP contribution in [0.3, 0.4) is 0 Å². The van der Waals surface area contributed by atoms with E-state index >= 15 is 0 Å². The lowest BCUT2D eigenvalue weighted by molar-refractivity contribution is -0.136. The molecule has 0 aromatic rings. The van der Waals surface area contributed by atoms with Gasteiger partial charge < -0.3 is 32.1 Å². The smallest absolute Gasteiger partial charge is 0.317 e. The summed E-state index contributed by atoms with van der Waals surface area (Å²) in [5.74, 6) is -2.69. The van der Waals surface area contributed by atoms with Crippen molar-refractivity contribution >= 4 is 17.9 Å². The first kappa shape index (κ1) is 20.6. The second-order valence-electron chi connectivity index (χ2n) is 3.95. The summed E-state index contributed by atoms with van der Waals surface area (Å²) in [5, 5.41) is 26.5. The molecule has 0 spiro atoms. The number of hydrogen-bond acceptors (Lipinski definition) is 6. The number of hydrogen-bond donors (Lipinski definition) is 6. The predicted molar refractivity (Wildman–Crippen MR) is 71.3 cm³/mol. The van der Waals surface area contributed by atoms with Gasteiger partial charge in [-0.15, -0.1) is 0 Å². The Balaban J connectivity index is 0. The van der Waals surface area contributed by atoms with Crippen molar-refractivity contribution in [3.05, 3.63) is 0 Å². The first-order valence-corrected chi connectivity index (χ1v) is 6.12. The quantitative estimate of drug-likeness (QED) is 0.358. The standard InChI is InChI=1S/C7H13NO2.2C2H5NO2/c9-7(10)5-8-6-3-1-2-4-6;2*3-1-2(4)5/h6,8H,1-5H2,(H,9,10);2*1,3H2,(H,4,5).